The molecule has 55 heavy (non-hydrogen) atoms. The molecule has 0 heterocycles. The van der Waals surface area contributed by atoms with E-state index in [2.05, 4.69) is 155 Å². The molecule has 0 aromatic heterocycles. The van der Waals surface area contributed by atoms with Crippen molar-refractivity contribution in [1.29, 1.82) is 0 Å². The molecule has 2 unspecified atom stereocenters. The molecule has 0 aliphatic carbocycles. The van der Waals surface area contributed by atoms with Gasteiger partial charge in [-0.25, -0.2) is 0 Å². The summed E-state index contributed by atoms with van der Waals surface area (Å²) in [4.78, 5) is 0. The summed E-state index contributed by atoms with van der Waals surface area (Å²) in [5, 5.41) is 0.483. The summed E-state index contributed by atoms with van der Waals surface area (Å²) >= 11 is 4.74. The van der Waals surface area contributed by atoms with Crippen molar-refractivity contribution >= 4 is 48.9 Å². The van der Waals surface area contributed by atoms with Crippen molar-refractivity contribution in [3.05, 3.63) is 144 Å². The van der Waals surface area contributed by atoms with E-state index in [1.807, 2.05) is 12.1 Å². The average molecular weight is 822 g/mol. The molecule has 0 fully saturated rings. The summed E-state index contributed by atoms with van der Waals surface area (Å²) in [6.45, 7) is 10.5. The molecule has 2 atom stereocenters. The molecule has 0 aliphatic heterocycles. The van der Waals surface area contributed by atoms with Crippen LogP contribution in [0.25, 0.3) is 12.2 Å². The Kier molecular flexibility index (Phi) is 16.1. The van der Waals surface area contributed by atoms with Crippen molar-refractivity contribution in [2.24, 2.45) is 11.8 Å². The van der Waals surface area contributed by atoms with Gasteiger partial charge in [0.05, 0.1) is 7.11 Å². The van der Waals surface area contributed by atoms with Gasteiger partial charge < -0.3 is 0 Å². The number of hydrogen-bond donors (Lipinski definition) is 0. The van der Waals surface area contributed by atoms with E-state index in [4.69, 9.17) is 29.7 Å². The van der Waals surface area contributed by atoms with E-state index in [0.717, 1.165) is 52.9 Å². The third-order valence-corrected chi connectivity index (χ3v) is 20.6. The van der Waals surface area contributed by atoms with Crippen molar-refractivity contribution in [2.45, 2.75) is 85.2 Å². The van der Waals surface area contributed by atoms with Gasteiger partial charge in [-0.2, -0.15) is 0 Å². The number of methoxy groups -OCH3 is 1. The summed E-state index contributed by atoms with van der Waals surface area (Å²) < 4.78 is 19.4. The predicted octanol–water partition coefficient (Wildman–Crippen LogP) is 13.4. The van der Waals surface area contributed by atoms with Crippen LogP contribution in [0.1, 0.15) is 95.8 Å². The quantitative estimate of drug-likeness (QED) is 0.0514. The van der Waals surface area contributed by atoms with Gasteiger partial charge in [0.25, 0.3) is 0 Å². The first-order valence-corrected chi connectivity index (χ1v) is 24.9. The van der Waals surface area contributed by atoms with Crippen LogP contribution >= 0.6 is 20.8 Å². The maximum absolute atomic E-state index is 7.06. The van der Waals surface area contributed by atoms with Crippen LogP contribution in [0.3, 0.4) is 0 Å². The molecular weight excluding hydrogens is 759 g/mol. The Morgan fingerprint density at radius 2 is 1.05 bits per heavy atom. The number of halogens is 1. The van der Waals surface area contributed by atoms with E-state index in [1.165, 1.54) is 54.4 Å². The van der Waals surface area contributed by atoms with Crippen LogP contribution in [0.15, 0.2) is 127 Å². The van der Waals surface area contributed by atoms with Crippen LogP contribution in [0.4, 0.5) is 0 Å². The zero-order valence-corrected chi connectivity index (χ0v) is 36.2. The molecule has 3 nitrogen and oxygen atoms in total. The van der Waals surface area contributed by atoms with E-state index in [0.29, 0.717) is 25.0 Å². The summed E-state index contributed by atoms with van der Waals surface area (Å²) in [6.07, 6.45) is 14.4. The van der Waals surface area contributed by atoms with Gasteiger partial charge in [0, 0.05) is 0 Å². The van der Waals surface area contributed by atoms with Crippen LogP contribution in [0, 0.1) is 11.8 Å². The van der Waals surface area contributed by atoms with Crippen LogP contribution in [-0.2, 0) is 6.16 Å². The minimum atomic E-state index is -3.36. The van der Waals surface area contributed by atoms with Crippen molar-refractivity contribution in [2.75, 3.05) is 20.3 Å². The standard InChI is InChI=1S/C50H62BrO3P/c1-6-10-21-40(8-3)37-53-49-36-44(39-55(51,46-23-15-12-16-24-46,47-25-17-13-18-26-47)48-27-19-14-20-28-48)50(54-38-41(9-4)22-11-7-2)35-43(49)32-29-42-30-33-45(52-5)34-31-42/h12-20,23-36,40-41H,6-11,21-22,37-39H2,1-5H3. The molecule has 5 aromatic carbocycles. The van der Waals surface area contributed by atoms with Gasteiger partial charge in [-0.3, -0.25) is 0 Å². The van der Waals surface area contributed by atoms with Crippen LogP contribution in [0.5, 0.6) is 17.2 Å². The average Bonchev–Trinajstić information content (AvgIpc) is 3.24. The van der Waals surface area contributed by atoms with Crippen molar-refractivity contribution in [3.8, 4) is 17.2 Å². The number of unbranched alkanes of at least 4 members (excludes halogenated alkanes) is 2. The molecule has 5 aromatic rings. The molecule has 0 radical (unpaired) electrons. The van der Waals surface area contributed by atoms with E-state index < -0.39 is 5.31 Å². The van der Waals surface area contributed by atoms with Gasteiger partial charge in [0.15, 0.2) is 0 Å². The first-order valence-electron chi connectivity index (χ1n) is 20.5. The summed E-state index contributed by atoms with van der Waals surface area (Å²) in [5.41, 5.74) is 3.27. The Morgan fingerprint density at radius 3 is 1.49 bits per heavy atom. The summed E-state index contributed by atoms with van der Waals surface area (Å²) in [6, 6.07) is 45.9. The molecular formula is C50H62BrO3P. The monoisotopic (exact) mass is 820 g/mol. The maximum atomic E-state index is 7.06. The van der Waals surface area contributed by atoms with Crippen LogP contribution in [0.2, 0.25) is 0 Å². The van der Waals surface area contributed by atoms with Crippen LogP contribution in [-0.4, -0.2) is 20.3 Å². The van der Waals surface area contributed by atoms with Crippen molar-refractivity contribution < 1.29 is 14.2 Å². The van der Waals surface area contributed by atoms with E-state index in [-0.39, 0.29) is 0 Å². The molecule has 0 bridgehead atoms. The molecule has 5 rings (SSSR count). The molecule has 0 aliphatic rings. The molecule has 0 saturated carbocycles. The number of hydrogen-bond acceptors (Lipinski definition) is 3. The summed E-state index contributed by atoms with van der Waals surface area (Å²) in [7, 11) is 1.70. The van der Waals surface area contributed by atoms with Crippen molar-refractivity contribution in [3.63, 3.8) is 0 Å². The third kappa shape index (κ3) is 10.5. The first-order chi connectivity index (χ1) is 26.9. The van der Waals surface area contributed by atoms with E-state index in [1.54, 1.807) is 7.11 Å². The molecule has 0 spiro atoms. The molecule has 292 valence electrons. The summed E-state index contributed by atoms with van der Waals surface area (Å²) in [5.74, 6) is 3.65. The number of rotatable bonds is 22. The zero-order chi connectivity index (χ0) is 39.0. The fourth-order valence-electron chi connectivity index (χ4n) is 7.50. The van der Waals surface area contributed by atoms with Gasteiger partial charge in [0.2, 0.25) is 0 Å². The van der Waals surface area contributed by atoms with Gasteiger partial charge >= 0.3 is 335 Å². The SMILES string of the molecule is CCCCC(CC)COc1cc(CP(Br)(c2ccccc2)(c2ccccc2)c2ccccc2)c(OCC(CC)CCCC)cc1C=Cc1ccc(OC)cc1. The minimum absolute atomic E-state index is 0.488. The molecule has 0 saturated heterocycles. The fourth-order valence-corrected chi connectivity index (χ4v) is 15.1. The zero-order valence-electron chi connectivity index (χ0n) is 33.8. The Bertz CT molecular complexity index is 1790. The second-order valence-corrected chi connectivity index (χ2v) is 23.8. The van der Waals surface area contributed by atoms with Gasteiger partial charge in [-0.05, 0) is 0 Å². The molecule has 0 N–H and O–H groups in total. The molecule has 0 amide bonds. The fraction of sp³-hybridized carbons (Fsp3) is 0.360. The van der Waals surface area contributed by atoms with E-state index in [9.17, 15) is 0 Å². The van der Waals surface area contributed by atoms with Gasteiger partial charge in [-0.15, -0.1) is 0 Å². The first kappa shape index (κ1) is 42.3. The third-order valence-electron chi connectivity index (χ3n) is 11.2. The topological polar surface area (TPSA) is 27.7 Å². The van der Waals surface area contributed by atoms with Gasteiger partial charge in [-0.1, -0.05) is 0 Å². The number of benzene rings is 5. The Balaban J connectivity index is 1.73. The second kappa shape index (κ2) is 20.9. The Labute approximate surface area is 340 Å². The predicted molar refractivity (Wildman–Crippen MR) is 244 cm³/mol. The van der Waals surface area contributed by atoms with Crippen LogP contribution < -0.4 is 30.1 Å². The Morgan fingerprint density at radius 1 is 0.582 bits per heavy atom. The normalized spacial score (nSPS) is 13.5. The Hall–Kier alpha value is -3.85. The van der Waals surface area contributed by atoms with E-state index >= 15 is 0 Å². The van der Waals surface area contributed by atoms with Crippen molar-refractivity contribution in [1.82, 2.24) is 0 Å². The molecule has 5 heteroatoms. The second-order valence-electron chi connectivity index (χ2n) is 14.9. The van der Waals surface area contributed by atoms with Gasteiger partial charge in [0.1, 0.15) is 0 Å². The number of ether oxygens (including phenoxy) is 3.